The molecule has 0 aliphatic heterocycles. The molecule has 0 radical (unpaired) electrons. The Labute approximate surface area is 124 Å². The summed E-state index contributed by atoms with van der Waals surface area (Å²) in [4.78, 5) is 0. The number of anilines is 2. The van der Waals surface area contributed by atoms with Gasteiger partial charge in [0, 0.05) is 18.7 Å². The molecule has 0 spiro atoms. The van der Waals surface area contributed by atoms with Gasteiger partial charge in [-0.25, -0.2) is 0 Å². The Morgan fingerprint density at radius 2 is 1.67 bits per heavy atom. The molecule has 2 aromatic carbocycles. The molecule has 0 saturated heterocycles. The standard InChI is InChI=1S/C16H20N2O3/c1-19-12-6-4-5-11(7-12)10-18-14-9-16(21-3)15(20-2)8-13(14)17/h4-9,18H,10,17H2,1-3H3. The number of nitrogens with one attached hydrogen (secondary N) is 1. The van der Waals surface area contributed by atoms with Crippen LogP contribution in [0.25, 0.3) is 0 Å². The van der Waals surface area contributed by atoms with E-state index in [1.54, 1.807) is 27.4 Å². The average Bonchev–Trinajstić information content (AvgIpc) is 2.53. The van der Waals surface area contributed by atoms with Gasteiger partial charge in [-0.1, -0.05) is 12.1 Å². The normalized spacial score (nSPS) is 10.0. The predicted octanol–water partition coefficient (Wildman–Crippen LogP) is 2.91. The van der Waals surface area contributed by atoms with Crippen molar-refractivity contribution in [1.29, 1.82) is 0 Å². The van der Waals surface area contributed by atoms with Gasteiger partial charge in [-0.05, 0) is 17.7 Å². The second-order valence-electron chi connectivity index (χ2n) is 4.50. The zero-order chi connectivity index (χ0) is 15.2. The molecule has 0 unspecified atom stereocenters. The molecule has 3 N–H and O–H groups in total. The molecule has 2 rings (SSSR count). The van der Waals surface area contributed by atoms with Gasteiger partial charge in [-0.3, -0.25) is 0 Å². The summed E-state index contributed by atoms with van der Waals surface area (Å²) in [5.74, 6) is 2.08. The van der Waals surface area contributed by atoms with Crippen molar-refractivity contribution in [3.63, 3.8) is 0 Å². The van der Waals surface area contributed by atoms with Crippen LogP contribution in [0.4, 0.5) is 11.4 Å². The van der Waals surface area contributed by atoms with Crippen molar-refractivity contribution in [3.8, 4) is 17.2 Å². The molecule has 21 heavy (non-hydrogen) atoms. The van der Waals surface area contributed by atoms with Gasteiger partial charge in [0.2, 0.25) is 0 Å². The SMILES string of the molecule is COc1cccc(CNc2cc(OC)c(OC)cc2N)c1. The van der Waals surface area contributed by atoms with Crippen LogP contribution in [0.2, 0.25) is 0 Å². The highest BCUT2D eigenvalue weighted by Crippen LogP contribution is 2.35. The second kappa shape index (κ2) is 6.74. The van der Waals surface area contributed by atoms with Gasteiger partial charge in [-0.15, -0.1) is 0 Å². The Balaban J connectivity index is 2.15. The van der Waals surface area contributed by atoms with Crippen LogP contribution in [0, 0.1) is 0 Å². The van der Waals surface area contributed by atoms with Crippen molar-refractivity contribution in [3.05, 3.63) is 42.0 Å². The maximum atomic E-state index is 6.02. The number of benzene rings is 2. The quantitative estimate of drug-likeness (QED) is 0.800. The van der Waals surface area contributed by atoms with E-state index in [2.05, 4.69) is 5.32 Å². The van der Waals surface area contributed by atoms with E-state index in [-0.39, 0.29) is 0 Å². The first-order valence-corrected chi connectivity index (χ1v) is 6.56. The van der Waals surface area contributed by atoms with E-state index in [9.17, 15) is 0 Å². The summed E-state index contributed by atoms with van der Waals surface area (Å²) in [6, 6.07) is 11.4. The van der Waals surface area contributed by atoms with E-state index in [0.717, 1.165) is 17.0 Å². The first-order chi connectivity index (χ1) is 10.2. The van der Waals surface area contributed by atoms with Crippen molar-refractivity contribution < 1.29 is 14.2 Å². The average molecular weight is 288 g/mol. The summed E-state index contributed by atoms with van der Waals surface area (Å²) < 4.78 is 15.7. The van der Waals surface area contributed by atoms with Gasteiger partial charge < -0.3 is 25.3 Å². The topological polar surface area (TPSA) is 65.7 Å². The number of nitrogen functional groups attached to an aromatic ring is 1. The van der Waals surface area contributed by atoms with E-state index in [4.69, 9.17) is 19.9 Å². The Morgan fingerprint density at radius 3 is 2.33 bits per heavy atom. The van der Waals surface area contributed by atoms with Gasteiger partial charge in [0.1, 0.15) is 5.75 Å². The molecule has 0 heterocycles. The van der Waals surface area contributed by atoms with Crippen LogP contribution < -0.4 is 25.3 Å². The fourth-order valence-electron chi connectivity index (χ4n) is 2.03. The van der Waals surface area contributed by atoms with E-state index in [1.807, 2.05) is 30.3 Å². The second-order valence-corrected chi connectivity index (χ2v) is 4.50. The summed E-state index contributed by atoms with van der Waals surface area (Å²) in [7, 11) is 4.83. The van der Waals surface area contributed by atoms with E-state index >= 15 is 0 Å². The minimum atomic E-state index is 0.607. The maximum absolute atomic E-state index is 6.02. The van der Waals surface area contributed by atoms with Crippen LogP contribution in [0.3, 0.4) is 0 Å². The zero-order valence-corrected chi connectivity index (χ0v) is 12.5. The molecule has 0 bridgehead atoms. The molecule has 0 saturated carbocycles. The number of ether oxygens (including phenoxy) is 3. The summed E-state index contributed by atoms with van der Waals surface area (Å²) in [5.41, 5.74) is 8.53. The molecule has 0 aromatic heterocycles. The largest absolute Gasteiger partial charge is 0.497 e. The Kier molecular flexibility index (Phi) is 4.77. The highest BCUT2D eigenvalue weighted by atomic mass is 16.5. The number of methoxy groups -OCH3 is 3. The molecule has 0 aliphatic rings. The third-order valence-electron chi connectivity index (χ3n) is 3.17. The molecular weight excluding hydrogens is 268 g/mol. The lowest BCUT2D eigenvalue weighted by molar-refractivity contribution is 0.355. The highest BCUT2D eigenvalue weighted by molar-refractivity contribution is 5.72. The molecule has 112 valence electrons. The smallest absolute Gasteiger partial charge is 0.162 e. The summed E-state index contributed by atoms with van der Waals surface area (Å²) >= 11 is 0. The first-order valence-electron chi connectivity index (χ1n) is 6.56. The van der Waals surface area contributed by atoms with E-state index in [1.165, 1.54) is 0 Å². The van der Waals surface area contributed by atoms with E-state index in [0.29, 0.717) is 23.7 Å². The molecule has 5 heteroatoms. The van der Waals surface area contributed by atoms with Crippen LogP contribution in [-0.4, -0.2) is 21.3 Å². The Hall–Kier alpha value is -2.56. The van der Waals surface area contributed by atoms with Gasteiger partial charge >= 0.3 is 0 Å². The zero-order valence-electron chi connectivity index (χ0n) is 12.5. The number of hydrogen-bond donors (Lipinski definition) is 2. The fourth-order valence-corrected chi connectivity index (χ4v) is 2.03. The van der Waals surface area contributed by atoms with Gasteiger partial charge in [-0.2, -0.15) is 0 Å². The molecule has 0 amide bonds. The maximum Gasteiger partial charge on any atom is 0.162 e. The molecule has 0 aliphatic carbocycles. The molecule has 5 nitrogen and oxygen atoms in total. The number of hydrogen-bond acceptors (Lipinski definition) is 5. The molecular formula is C16H20N2O3. The Bertz CT molecular complexity index is 614. The lowest BCUT2D eigenvalue weighted by atomic mass is 10.2. The number of rotatable bonds is 6. The van der Waals surface area contributed by atoms with Crippen molar-refractivity contribution in [1.82, 2.24) is 0 Å². The van der Waals surface area contributed by atoms with Gasteiger partial charge in [0.25, 0.3) is 0 Å². The van der Waals surface area contributed by atoms with E-state index < -0.39 is 0 Å². The predicted molar refractivity (Wildman–Crippen MR) is 84.3 cm³/mol. The minimum Gasteiger partial charge on any atom is -0.497 e. The summed E-state index contributed by atoms with van der Waals surface area (Å²) in [6.45, 7) is 0.636. The van der Waals surface area contributed by atoms with Crippen molar-refractivity contribution >= 4 is 11.4 Å². The highest BCUT2D eigenvalue weighted by Gasteiger charge is 2.09. The van der Waals surface area contributed by atoms with Gasteiger partial charge in [0.05, 0.1) is 32.7 Å². The van der Waals surface area contributed by atoms with Crippen LogP contribution in [-0.2, 0) is 6.54 Å². The van der Waals surface area contributed by atoms with Gasteiger partial charge in [0.15, 0.2) is 11.5 Å². The molecule has 2 aromatic rings. The molecule has 0 atom stereocenters. The monoisotopic (exact) mass is 288 g/mol. The third-order valence-corrected chi connectivity index (χ3v) is 3.17. The van der Waals surface area contributed by atoms with Crippen molar-refractivity contribution in [2.24, 2.45) is 0 Å². The van der Waals surface area contributed by atoms with Crippen LogP contribution in [0.15, 0.2) is 36.4 Å². The van der Waals surface area contributed by atoms with Crippen LogP contribution in [0.1, 0.15) is 5.56 Å². The summed E-state index contributed by atoms with van der Waals surface area (Å²) in [5, 5.41) is 3.29. The van der Waals surface area contributed by atoms with Crippen molar-refractivity contribution in [2.75, 3.05) is 32.4 Å². The third kappa shape index (κ3) is 3.51. The Morgan fingerprint density at radius 1 is 0.952 bits per heavy atom. The lowest BCUT2D eigenvalue weighted by Gasteiger charge is -2.14. The lowest BCUT2D eigenvalue weighted by Crippen LogP contribution is -2.04. The van der Waals surface area contributed by atoms with Crippen LogP contribution in [0.5, 0.6) is 17.2 Å². The van der Waals surface area contributed by atoms with Crippen molar-refractivity contribution in [2.45, 2.75) is 6.54 Å². The number of nitrogens with two attached hydrogens (primary N) is 1. The van der Waals surface area contributed by atoms with Crippen LogP contribution >= 0.6 is 0 Å². The summed E-state index contributed by atoms with van der Waals surface area (Å²) in [6.07, 6.45) is 0. The molecule has 0 fully saturated rings. The fraction of sp³-hybridized carbons (Fsp3) is 0.250. The minimum absolute atomic E-state index is 0.607. The first kappa shape index (κ1) is 14.8.